The second-order valence-electron chi connectivity index (χ2n) is 6.38. The summed E-state index contributed by atoms with van der Waals surface area (Å²) in [6.07, 6.45) is 0.270. The lowest BCUT2D eigenvalue weighted by molar-refractivity contribution is -0.135. The molecule has 0 spiro atoms. The minimum absolute atomic E-state index is 0.0297. The van der Waals surface area contributed by atoms with Gasteiger partial charge in [-0.2, -0.15) is 0 Å². The molecule has 0 aliphatic carbocycles. The number of nitrogens with zero attached hydrogens (tertiary/aromatic N) is 1. The van der Waals surface area contributed by atoms with Crippen LogP contribution in [0.1, 0.15) is 22.3 Å². The van der Waals surface area contributed by atoms with Gasteiger partial charge in [0.05, 0.1) is 18.8 Å². The first-order valence-corrected chi connectivity index (χ1v) is 10.0. The summed E-state index contributed by atoms with van der Waals surface area (Å²) >= 11 is 3.49. The van der Waals surface area contributed by atoms with Crippen molar-refractivity contribution in [2.24, 2.45) is 0 Å². The first kappa shape index (κ1) is 20.4. The zero-order valence-corrected chi connectivity index (χ0v) is 17.1. The van der Waals surface area contributed by atoms with Gasteiger partial charge in [-0.1, -0.05) is 46.3 Å². The van der Waals surface area contributed by atoms with Gasteiger partial charge in [-0.3, -0.25) is 9.59 Å². The van der Waals surface area contributed by atoms with Crippen LogP contribution in [0.3, 0.4) is 0 Å². The summed E-state index contributed by atoms with van der Waals surface area (Å²) in [5, 5.41) is 2.81. The van der Waals surface area contributed by atoms with Crippen LogP contribution in [0.5, 0.6) is 5.75 Å². The Balaban J connectivity index is 1.53. The second kappa shape index (κ2) is 10.2. The van der Waals surface area contributed by atoms with Crippen molar-refractivity contribution in [3.8, 4) is 5.75 Å². The maximum atomic E-state index is 12.6. The number of benzene rings is 2. The average Bonchev–Trinajstić information content (AvgIpc) is 2.74. The molecule has 0 aromatic heterocycles. The van der Waals surface area contributed by atoms with E-state index in [0.717, 1.165) is 10.0 Å². The molecule has 1 aliphatic rings. The third-order valence-electron chi connectivity index (χ3n) is 4.46. The summed E-state index contributed by atoms with van der Waals surface area (Å²) in [7, 11) is 0. The van der Waals surface area contributed by atoms with Gasteiger partial charge >= 0.3 is 0 Å². The number of hydrogen-bond donors (Lipinski definition) is 1. The first-order valence-electron chi connectivity index (χ1n) is 9.24. The molecule has 2 aromatic carbocycles. The summed E-state index contributed by atoms with van der Waals surface area (Å²) in [4.78, 5) is 26.5. The molecule has 1 saturated heterocycles. The van der Waals surface area contributed by atoms with Crippen LogP contribution in [0, 0.1) is 0 Å². The van der Waals surface area contributed by atoms with E-state index in [2.05, 4.69) is 21.2 Å². The molecule has 6 nitrogen and oxygen atoms in total. The van der Waals surface area contributed by atoms with Gasteiger partial charge in [-0.15, -0.1) is 0 Å². The number of halogens is 1. The Labute approximate surface area is 172 Å². The van der Waals surface area contributed by atoms with E-state index >= 15 is 0 Å². The highest BCUT2D eigenvalue weighted by Crippen LogP contribution is 2.22. The highest BCUT2D eigenvalue weighted by Gasteiger charge is 2.17. The molecule has 0 radical (unpaired) electrons. The van der Waals surface area contributed by atoms with E-state index in [4.69, 9.17) is 9.47 Å². The molecule has 7 heteroatoms. The standard InChI is InChI=1S/C21H23BrN2O4/c22-18-7-3-1-5-16(18)15-28-19-8-4-2-6-17(19)21(26)23-10-9-20(25)24-11-13-27-14-12-24/h1-8H,9-15H2,(H,23,26). The number of ether oxygens (including phenoxy) is 2. The van der Waals surface area contributed by atoms with Crippen molar-refractivity contribution >= 4 is 27.7 Å². The second-order valence-corrected chi connectivity index (χ2v) is 7.23. The van der Waals surface area contributed by atoms with Crippen LogP contribution < -0.4 is 10.1 Å². The SMILES string of the molecule is O=C(NCCC(=O)N1CCOCC1)c1ccccc1OCc1ccccc1Br. The van der Waals surface area contributed by atoms with Crippen molar-refractivity contribution in [2.75, 3.05) is 32.8 Å². The molecule has 2 aromatic rings. The van der Waals surface area contributed by atoms with Crippen LogP contribution in [-0.2, 0) is 16.1 Å². The summed E-state index contributed by atoms with van der Waals surface area (Å²) in [5.74, 6) is 0.287. The average molecular weight is 447 g/mol. The number of nitrogens with one attached hydrogen (secondary N) is 1. The van der Waals surface area contributed by atoms with Crippen LogP contribution in [0.2, 0.25) is 0 Å². The molecule has 148 valence electrons. The van der Waals surface area contributed by atoms with E-state index in [-0.39, 0.29) is 24.8 Å². The van der Waals surface area contributed by atoms with Crippen LogP contribution in [0.4, 0.5) is 0 Å². The minimum atomic E-state index is -0.252. The number of carbonyl (C=O) groups is 2. The fraction of sp³-hybridized carbons (Fsp3) is 0.333. The van der Waals surface area contributed by atoms with Gasteiger partial charge in [0.15, 0.2) is 0 Å². The lowest BCUT2D eigenvalue weighted by Gasteiger charge is -2.26. The van der Waals surface area contributed by atoms with E-state index < -0.39 is 0 Å². The third kappa shape index (κ3) is 5.56. The Bertz CT molecular complexity index is 822. The van der Waals surface area contributed by atoms with E-state index in [0.29, 0.717) is 44.2 Å². The summed E-state index contributed by atoms with van der Waals surface area (Å²) in [5.41, 5.74) is 1.45. The molecular formula is C21H23BrN2O4. The molecule has 0 unspecified atom stereocenters. The fourth-order valence-electron chi connectivity index (χ4n) is 2.90. The number of para-hydroxylation sites is 1. The quantitative estimate of drug-likeness (QED) is 0.709. The molecule has 0 bridgehead atoms. The first-order chi connectivity index (χ1) is 13.6. The van der Waals surface area contributed by atoms with Gasteiger partial charge in [0.25, 0.3) is 5.91 Å². The lowest BCUT2D eigenvalue weighted by Crippen LogP contribution is -2.42. The Morgan fingerprint density at radius 1 is 1.07 bits per heavy atom. The topological polar surface area (TPSA) is 67.9 Å². The van der Waals surface area contributed by atoms with Crippen LogP contribution >= 0.6 is 15.9 Å². The van der Waals surface area contributed by atoms with Crippen LogP contribution in [-0.4, -0.2) is 49.6 Å². The molecule has 1 N–H and O–H groups in total. The lowest BCUT2D eigenvalue weighted by atomic mass is 10.2. The third-order valence-corrected chi connectivity index (χ3v) is 5.23. The Morgan fingerprint density at radius 2 is 1.79 bits per heavy atom. The zero-order valence-electron chi connectivity index (χ0n) is 15.5. The summed E-state index contributed by atoms with van der Waals surface area (Å²) in [6, 6.07) is 14.9. The van der Waals surface area contributed by atoms with Gasteiger partial charge in [0, 0.05) is 36.1 Å². The Morgan fingerprint density at radius 3 is 2.57 bits per heavy atom. The molecular weight excluding hydrogens is 424 g/mol. The van der Waals surface area contributed by atoms with E-state index in [1.165, 1.54) is 0 Å². The summed E-state index contributed by atoms with van der Waals surface area (Å²) < 4.78 is 12.1. The number of amides is 2. The fourth-order valence-corrected chi connectivity index (χ4v) is 3.30. The number of rotatable bonds is 7. The Kier molecular flexibility index (Phi) is 7.45. The van der Waals surface area contributed by atoms with Crippen molar-refractivity contribution in [2.45, 2.75) is 13.0 Å². The van der Waals surface area contributed by atoms with Gasteiger partial charge < -0.3 is 19.7 Å². The normalized spacial score (nSPS) is 13.8. The van der Waals surface area contributed by atoms with Crippen molar-refractivity contribution < 1.29 is 19.1 Å². The van der Waals surface area contributed by atoms with Crippen molar-refractivity contribution in [3.63, 3.8) is 0 Å². The number of morpholine rings is 1. The molecule has 1 fully saturated rings. The van der Waals surface area contributed by atoms with Crippen LogP contribution in [0.15, 0.2) is 53.0 Å². The highest BCUT2D eigenvalue weighted by molar-refractivity contribution is 9.10. The van der Waals surface area contributed by atoms with Gasteiger partial charge in [0.1, 0.15) is 12.4 Å². The van der Waals surface area contributed by atoms with Gasteiger partial charge in [-0.05, 0) is 18.2 Å². The monoisotopic (exact) mass is 446 g/mol. The van der Waals surface area contributed by atoms with E-state index in [1.54, 1.807) is 23.1 Å². The maximum absolute atomic E-state index is 12.6. The smallest absolute Gasteiger partial charge is 0.255 e. The van der Waals surface area contributed by atoms with Crippen molar-refractivity contribution in [3.05, 3.63) is 64.1 Å². The molecule has 2 amide bonds. The van der Waals surface area contributed by atoms with Gasteiger partial charge in [-0.25, -0.2) is 0 Å². The predicted molar refractivity (Wildman–Crippen MR) is 109 cm³/mol. The van der Waals surface area contributed by atoms with E-state index in [1.807, 2.05) is 30.3 Å². The van der Waals surface area contributed by atoms with Crippen molar-refractivity contribution in [1.82, 2.24) is 10.2 Å². The molecule has 1 aliphatic heterocycles. The van der Waals surface area contributed by atoms with Crippen molar-refractivity contribution in [1.29, 1.82) is 0 Å². The highest BCUT2D eigenvalue weighted by atomic mass is 79.9. The largest absolute Gasteiger partial charge is 0.488 e. The maximum Gasteiger partial charge on any atom is 0.255 e. The molecule has 1 heterocycles. The molecule has 28 heavy (non-hydrogen) atoms. The minimum Gasteiger partial charge on any atom is -0.488 e. The Hall–Kier alpha value is -2.38. The number of hydrogen-bond acceptors (Lipinski definition) is 4. The summed E-state index contributed by atoms with van der Waals surface area (Å²) in [6.45, 7) is 2.99. The van der Waals surface area contributed by atoms with Gasteiger partial charge in [0.2, 0.25) is 5.91 Å². The van der Waals surface area contributed by atoms with Crippen LogP contribution in [0.25, 0.3) is 0 Å². The zero-order chi connectivity index (χ0) is 19.8. The number of carbonyl (C=O) groups excluding carboxylic acids is 2. The molecule has 3 rings (SSSR count). The predicted octanol–water partition coefficient (Wildman–Crippen LogP) is 3.01. The molecule has 0 atom stereocenters. The van der Waals surface area contributed by atoms with E-state index in [9.17, 15) is 9.59 Å². The molecule has 0 saturated carbocycles.